The first-order valence-electron chi connectivity index (χ1n) is 11.9. The van der Waals surface area contributed by atoms with Gasteiger partial charge in [-0.1, -0.05) is 65.7 Å². The number of hydrogen-bond donors (Lipinski definition) is 2. The fraction of sp³-hybridized carbons (Fsp3) is 0.179. The van der Waals surface area contributed by atoms with Crippen LogP contribution in [0.3, 0.4) is 0 Å². The van der Waals surface area contributed by atoms with E-state index in [2.05, 4.69) is 20.7 Å². The van der Waals surface area contributed by atoms with Crippen molar-refractivity contribution in [2.75, 3.05) is 12.4 Å². The van der Waals surface area contributed by atoms with Crippen LogP contribution in [0.1, 0.15) is 29.7 Å². The molecule has 1 aliphatic rings. The lowest BCUT2D eigenvalue weighted by atomic mass is 9.94. The first kappa shape index (κ1) is 25.6. The van der Waals surface area contributed by atoms with E-state index in [1.54, 1.807) is 23.9 Å². The Kier molecular flexibility index (Phi) is 7.53. The van der Waals surface area contributed by atoms with Crippen molar-refractivity contribution in [3.05, 3.63) is 111 Å². The molecule has 5 rings (SSSR count). The second-order valence-electron chi connectivity index (χ2n) is 8.70. The minimum absolute atomic E-state index is 0.207. The van der Waals surface area contributed by atoms with Crippen LogP contribution in [0.5, 0.6) is 11.5 Å². The standard InChI is InChI=1S/C28H25Cl2N5O3/c1-17-25(27(36)31-14-18-6-4-3-5-7-18)26(35-28(34-17)32-16-33-35)19-9-11-23(24(12-19)37-2)38-15-20-8-10-21(29)13-22(20)30/h3-13,16,26H,14-15H2,1-2H3,(H,31,36)(H,32,33,34)/t26-/m1/s1. The second-order valence-corrected chi connectivity index (χ2v) is 9.54. The molecular formula is C28H25Cl2N5O3. The van der Waals surface area contributed by atoms with Gasteiger partial charge in [0.2, 0.25) is 5.95 Å². The normalized spacial score (nSPS) is 14.5. The molecular weight excluding hydrogens is 525 g/mol. The van der Waals surface area contributed by atoms with Gasteiger partial charge in [0.1, 0.15) is 19.0 Å². The molecule has 1 aliphatic heterocycles. The maximum Gasteiger partial charge on any atom is 0.251 e. The van der Waals surface area contributed by atoms with Gasteiger partial charge < -0.3 is 20.1 Å². The molecule has 0 saturated heterocycles. The lowest BCUT2D eigenvalue weighted by molar-refractivity contribution is -0.118. The number of carbonyl (C=O) groups excluding carboxylic acids is 1. The van der Waals surface area contributed by atoms with Crippen LogP contribution >= 0.6 is 23.2 Å². The van der Waals surface area contributed by atoms with E-state index < -0.39 is 6.04 Å². The minimum atomic E-state index is -0.529. The quantitative estimate of drug-likeness (QED) is 0.289. The second kappa shape index (κ2) is 11.2. The van der Waals surface area contributed by atoms with Gasteiger partial charge in [-0.3, -0.25) is 4.79 Å². The molecule has 3 aromatic carbocycles. The first-order valence-corrected chi connectivity index (χ1v) is 12.6. The molecule has 1 amide bonds. The Labute approximate surface area is 230 Å². The molecule has 1 aromatic heterocycles. The Balaban J connectivity index is 1.43. The number of amides is 1. The van der Waals surface area contributed by atoms with Gasteiger partial charge in [-0.25, -0.2) is 4.68 Å². The SMILES string of the molecule is COc1cc([C@@H]2C(C(=O)NCc3ccccc3)=C(C)Nc3ncnn32)ccc1OCc1ccc(Cl)cc1Cl. The van der Waals surface area contributed by atoms with E-state index in [-0.39, 0.29) is 12.5 Å². The number of ether oxygens (including phenoxy) is 2. The number of allylic oxidation sites excluding steroid dienone is 1. The van der Waals surface area contributed by atoms with Crippen LogP contribution in [0.15, 0.2) is 84.3 Å². The third-order valence-electron chi connectivity index (χ3n) is 6.24. The van der Waals surface area contributed by atoms with Gasteiger partial charge in [0, 0.05) is 27.9 Å². The van der Waals surface area contributed by atoms with E-state index in [1.807, 2.05) is 61.5 Å². The summed E-state index contributed by atoms with van der Waals surface area (Å²) in [5, 5.41) is 11.7. The summed E-state index contributed by atoms with van der Waals surface area (Å²) in [6, 6.07) is 20.0. The average Bonchev–Trinajstić information content (AvgIpc) is 3.39. The van der Waals surface area contributed by atoms with E-state index in [0.29, 0.717) is 45.3 Å². The number of halogens is 2. The number of carbonyl (C=O) groups is 1. The van der Waals surface area contributed by atoms with Crippen LogP contribution in [0.25, 0.3) is 0 Å². The highest BCUT2D eigenvalue weighted by Gasteiger charge is 2.33. The molecule has 0 radical (unpaired) electrons. The number of nitrogens with one attached hydrogen (secondary N) is 2. The van der Waals surface area contributed by atoms with Gasteiger partial charge in [-0.2, -0.15) is 10.1 Å². The third kappa shape index (κ3) is 5.32. The Bertz CT molecular complexity index is 1500. The van der Waals surface area contributed by atoms with Crippen molar-refractivity contribution in [2.45, 2.75) is 26.1 Å². The van der Waals surface area contributed by atoms with E-state index in [4.69, 9.17) is 32.7 Å². The van der Waals surface area contributed by atoms with Crippen molar-refractivity contribution in [1.29, 1.82) is 0 Å². The molecule has 1 atom stereocenters. The third-order valence-corrected chi connectivity index (χ3v) is 6.82. The summed E-state index contributed by atoms with van der Waals surface area (Å²) in [5.41, 5.74) is 3.81. The molecule has 4 aromatic rings. The molecule has 10 heteroatoms. The zero-order valence-corrected chi connectivity index (χ0v) is 22.3. The molecule has 194 valence electrons. The topological polar surface area (TPSA) is 90.3 Å². The average molecular weight is 550 g/mol. The number of aromatic nitrogens is 3. The van der Waals surface area contributed by atoms with Gasteiger partial charge in [0.15, 0.2) is 11.5 Å². The lowest BCUT2D eigenvalue weighted by Crippen LogP contribution is -2.34. The number of rotatable bonds is 8. The summed E-state index contributed by atoms with van der Waals surface area (Å²) >= 11 is 12.3. The highest BCUT2D eigenvalue weighted by atomic mass is 35.5. The maximum absolute atomic E-state index is 13.5. The summed E-state index contributed by atoms with van der Waals surface area (Å²) in [4.78, 5) is 17.8. The molecule has 38 heavy (non-hydrogen) atoms. The van der Waals surface area contributed by atoms with E-state index >= 15 is 0 Å². The summed E-state index contributed by atoms with van der Waals surface area (Å²) in [5.74, 6) is 1.38. The Hall–Kier alpha value is -4.01. The van der Waals surface area contributed by atoms with Crippen LogP contribution in [-0.2, 0) is 17.9 Å². The molecule has 0 bridgehead atoms. The molecule has 0 fully saturated rings. The van der Waals surface area contributed by atoms with Gasteiger partial charge >= 0.3 is 0 Å². The fourth-order valence-electron chi connectivity index (χ4n) is 4.33. The van der Waals surface area contributed by atoms with Gasteiger partial charge in [-0.15, -0.1) is 0 Å². The molecule has 0 aliphatic carbocycles. The number of fused-ring (bicyclic) bond motifs is 1. The molecule has 2 N–H and O–H groups in total. The van der Waals surface area contributed by atoms with Crippen molar-refractivity contribution in [3.8, 4) is 11.5 Å². The Morgan fingerprint density at radius 1 is 1.08 bits per heavy atom. The van der Waals surface area contributed by atoms with E-state index in [1.165, 1.54) is 6.33 Å². The van der Waals surface area contributed by atoms with Crippen molar-refractivity contribution < 1.29 is 14.3 Å². The molecule has 8 nitrogen and oxygen atoms in total. The maximum atomic E-state index is 13.5. The van der Waals surface area contributed by atoms with Crippen molar-refractivity contribution in [2.24, 2.45) is 0 Å². The number of anilines is 1. The van der Waals surface area contributed by atoms with Crippen molar-refractivity contribution >= 4 is 35.1 Å². The van der Waals surface area contributed by atoms with Gasteiger partial charge in [0.25, 0.3) is 5.91 Å². The first-order chi connectivity index (χ1) is 18.4. The van der Waals surface area contributed by atoms with Crippen LogP contribution in [0.4, 0.5) is 5.95 Å². The summed E-state index contributed by atoms with van der Waals surface area (Å²) in [6.07, 6.45) is 1.46. The minimum Gasteiger partial charge on any atom is -0.493 e. The Morgan fingerprint density at radius 3 is 2.66 bits per heavy atom. The predicted molar refractivity (Wildman–Crippen MR) is 147 cm³/mol. The van der Waals surface area contributed by atoms with E-state index in [9.17, 15) is 4.79 Å². The molecule has 0 saturated carbocycles. The molecule has 0 spiro atoms. The van der Waals surface area contributed by atoms with Crippen molar-refractivity contribution in [3.63, 3.8) is 0 Å². The highest BCUT2D eigenvalue weighted by molar-refractivity contribution is 6.35. The van der Waals surface area contributed by atoms with E-state index in [0.717, 1.165) is 16.7 Å². The highest BCUT2D eigenvalue weighted by Crippen LogP contribution is 2.39. The molecule has 2 heterocycles. The van der Waals surface area contributed by atoms with Crippen LogP contribution < -0.4 is 20.1 Å². The number of methoxy groups -OCH3 is 1. The Morgan fingerprint density at radius 2 is 1.89 bits per heavy atom. The molecule has 0 unspecified atom stereocenters. The number of nitrogens with zero attached hydrogens (tertiary/aromatic N) is 3. The zero-order valence-electron chi connectivity index (χ0n) is 20.7. The monoisotopic (exact) mass is 549 g/mol. The summed E-state index contributed by atoms with van der Waals surface area (Å²) < 4.78 is 13.4. The lowest BCUT2D eigenvalue weighted by Gasteiger charge is -2.29. The van der Waals surface area contributed by atoms with Crippen LogP contribution in [-0.4, -0.2) is 27.8 Å². The fourth-order valence-corrected chi connectivity index (χ4v) is 4.80. The zero-order chi connectivity index (χ0) is 26.6. The van der Waals surface area contributed by atoms with Crippen LogP contribution in [0, 0.1) is 0 Å². The van der Waals surface area contributed by atoms with Gasteiger partial charge in [-0.05, 0) is 42.3 Å². The van der Waals surface area contributed by atoms with Crippen LogP contribution in [0.2, 0.25) is 10.0 Å². The number of benzene rings is 3. The predicted octanol–water partition coefficient (Wildman–Crippen LogP) is 5.78. The van der Waals surface area contributed by atoms with Gasteiger partial charge in [0.05, 0.1) is 12.7 Å². The largest absolute Gasteiger partial charge is 0.493 e. The summed E-state index contributed by atoms with van der Waals surface area (Å²) in [6.45, 7) is 2.49. The summed E-state index contributed by atoms with van der Waals surface area (Å²) in [7, 11) is 1.57. The number of hydrogen-bond acceptors (Lipinski definition) is 6. The van der Waals surface area contributed by atoms with Crippen molar-refractivity contribution in [1.82, 2.24) is 20.1 Å². The smallest absolute Gasteiger partial charge is 0.251 e.